The molecular formula is C59H66N10O8S. The molecule has 0 radical (unpaired) electrons. The molecule has 13 rings (SSSR count). The minimum atomic E-state index is -0.838. The zero-order valence-electron chi connectivity index (χ0n) is 44.4. The number of hydrogen-bond donors (Lipinski definition) is 4. The number of phenols is 1. The molecule has 78 heavy (non-hydrogen) atoms. The number of likely N-dealkylation sites (tertiary alicyclic amines) is 1. The lowest BCUT2D eigenvalue weighted by Gasteiger charge is -2.68. The molecule has 6 aromatic rings. The molecule has 5 N–H and O–H groups in total. The van der Waals surface area contributed by atoms with Crippen molar-refractivity contribution in [3.8, 4) is 51.0 Å². The third kappa shape index (κ3) is 10.1. The smallest absolute Gasteiger partial charge is 0.255 e. The largest absolute Gasteiger partial charge is 0.507 e. The highest BCUT2D eigenvalue weighted by Crippen LogP contribution is 2.73. The second kappa shape index (κ2) is 20.8. The molecule has 6 atom stereocenters. The number of nitrogens with zero attached hydrogens (tertiary/aromatic N) is 8. The van der Waals surface area contributed by atoms with E-state index in [0.717, 1.165) is 97.7 Å². The number of pyridine rings is 1. The van der Waals surface area contributed by atoms with E-state index in [1.54, 1.807) is 29.5 Å². The Labute approximate surface area is 457 Å². The van der Waals surface area contributed by atoms with E-state index in [-0.39, 0.29) is 90.1 Å². The van der Waals surface area contributed by atoms with Crippen LogP contribution in [0.2, 0.25) is 0 Å². The molecule has 406 valence electrons. The number of thiazole rings is 1. The van der Waals surface area contributed by atoms with Crippen molar-refractivity contribution in [2.24, 2.45) is 16.7 Å². The van der Waals surface area contributed by atoms with Crippen molar-refractivity contribution in [1.82, 2.24) is 35.5 Å². The Kier molecular flexibility index (Phi) is 13.8. The number of aromatic hydroxyl groups is 1. The zero-order valence-corrected chi connectivity index (χ0v) is 45.2. The van der Waals surface area contributed by atoms with Crippen LogP contribution in [0.3, 0.4) is 0 Å². The molecule has 4 bridgehead atoms. The summed E-state index contributed by atoms with van der Waals surface area (Å²) in [5, 5.41) is 36.9. The number of fused-ring (bicyclic) bond motifs is 2. The number of nitrogen functional groups attached to an aromatic ring is 1. The molecule has 2 amide bonds. The van der Waals surface area contributed by atoms with Gasteiger partial charge in [-0.05, 0) is 97.8 Å². The van der Waals surface area contributed by atoms with E-state index in [4.69, 9.17) is 24.5 Å². The van der Waals surface area contributed by atoms with Crippen LogP contribution in [0.25, 0.3) is 21.7 Å². The summed E-state index contributed by atoms with van der Waals surface area (Å²) in [6, 6.07) is 22.3. The lowest BCUT2D eigenvalue weighted by molar-refractivity contribution is -0.216. The van der Waals surface area contributed by atoms with Crippen LogP contribution in [0.4, 0.5) is 17.2 Å². The minimum absolute atomic E-state index is 0.00186. The molecule has 18 nitrogen and oxygen atoms in total. The molecule has 2 aromatic carbocycles. The van der Waals surface area contributed by atoms with Gasteiger partial charge in [-0.3, -0.25) is 9.59 Å². The third-order valence-corrected chi connectivity index (χ3v) is 17.9. The highest BCUT2D eigenvalue weighted by atomic mass is 32.1. The Hall–Kier alpha value is -7.27. The van der Waals surface area contributed by atoms with Crippen LogP contribution in [0, 0.1) is 35.5 Å². The summed E-state index contributed by atoms with van der Waals surface area (Å²) in [7, 11) is 0. The normalized spacial score (nSPS) is 26.5. The number of rotatable bonds is 17. The van der Waals surface area contributed by atoms with Gasteiger partial charge >= 0.3 is 0 Å². The molecule has 19 heteroatoms. The van der Waals surface area contributed by atoms with E-state index in [0.29, 0.717) is 28.7 Å². The molecule has 0 spiro atoms. The van der Waals surface area contributed by atoms with Gasteiger partial charge in [-0.15, -0.1) is 21.5 Å². The number of hydrogen-bond acceptors (Lipinski definition) is 17. The van der Waals surface area contributed by atoms with Crippen LogP contribution in [-0.4, -0.2) is 122 Å². The van der Waals surface area contributed by atoms with Gasteiger partial charge in [-0.25, -0.2) is 9.97 Å². The Bertz CT molecular complexity index is 3220. The fraction of sp³-hybridized carbons (Fsp3) is 0.475. The van der Waals surface area contributed by atoms with Gasteiger partial charge in [0.15, 0.2) is 18.2 Å². The van der Waals surface area contributed by atoms with E-state index in [9.17, 15) is 19.8 Å². The van der Waals surface area contributed by atoms with E-state index < -0.39 is 18.1 Å². The second-order valence-electron chi connectivity index (χ2n) is 22.9. The molecular weight excluding hydrogens is 1010 g/mol. The van der Waals surface area contributed by atoms with Crippen LogP contribution in [-0.2, 0) is 14.3 Å². The average molecular weight is 1080 g/mol. The molecule has 7 fully saturated rings. The van der Waals surface area contributed by atoms with Crippen molar-refractivity contribution in [3.63, 3.8) is 0 Å². The van der Waals surface area contributed by atoms with Gasteiger partial charge in [0, 0.05) is 86.0 Å². The number of para-hydroxylation sites is 1. The fourth-order valence-corrected chi connectivity index (χ4v) is 13.9. The number of carbonyl (C=O) groups excluding carboxylic acids is 2. The highest BCUT2D eigenvalue weighted by molar-refractivity contribution is 7.13. The number of nitrogens with one attached hydrogen (secondary N) is 1. The number of nitrogens with two attached hydrogens (primary N) is 1. The van der Waals surface area contributed by atoms with Crippen molar-refractivity contribution in [2.75, 3.05) is 48.4 Å². The van der Waals surface area contributed by atoms with Crippen LogP contribution in [0.1, 0.15) is 101 Å². The number of benzene rings is 2. The van der Waals surface area contributed by atoms with Gasteiger partial charge in [0.2, 0.25) is 17.7 Å². The van der Waals surface area contributed by atoms with Crippen molar-refractivity contribution >= 4 is 40.3 Å². The van der Waals surface area contributed by atoms with Crippen molar-refractivity contribution < 1.29 is 38.5 Å². The predicted octanol–water partition coefficient (Wildman–Crippen LogP) is 7.86. The number of aryl methyl sites for hydroxylation is 1. The Balaban J connectivity index is 0.572. The quantitative estimate of drug-likeness (QED) is 0.0638. The first-order valence-corrected chi connectivity index (χ1v) is 28.2. The van der Waals surface area contributed by atoms with Crippen molar-refractivity contribution in [3.05, 3.63) is 102 Å². The van der Waals surface area contributed by atoms with E-state index in [1.807, 2.05) is 81.9 Å². The summed E-state index contributed by atoms with van der Waals surface area (Å²) >= 11 is 1.59. The van der Waals surface area contributed by atoms with Gasteiger partial charge < -0.3 is 54.7 Å². The zero-order chi connectivity index (χ0) is 53.9. The van der Waals surface area contributed by atoms with Gasteiger partial charge in [-0.1, -0.05) is 62.1 Å². The SMILES string of the molecule is Cc1ncsc1-c1ccc([C@H](C)NC(=O)[C@@H]2C[C@@H](O)CN2C(=O)[C@@H](c2cc(OCC#CC34CC(CO[C@H]5C[C@H](Oc6cc(N7C8CCC7CN(c7cc(-c9ccccc9O)nnc7N)C8)ccn6)C5)(C3)C4)no2)C(C)C)cc1. The van der Waals surface area contributed by atoms with Crippen LogP contribution < -0.4 is 30.3 Å². The molecule has 4 saturated carbocycles. The van der Waals surface area contributed by atoms with Crippen molar-refractivity contribution in [1.29, 1.82) is 0 Å². The fourth-order valence-electron chi connectivity index (χ4n) is 13.0. The maximum atomic E-state index is 14.2. The molecule has 7 aliphatic rings. The van der Waals surface area contributed by atoms with Gasteiger partial charge in [0.1, 0.15) is 23.8 Å². The Morgan fingerprint density at radius 2 is 1.71 bits per heavy atom. The lowest BCUT2D eigenvalue weighted by atomic mass is 9.36. The summed E-state index contributed by atoms with van der Waals surface area (Å²) < 4.78 is 24.4. The molecule has 2 unspecified atom stereocenters. The topological polar surface area (TPSA) is 228 Å². The lowest BCUT2D eigenvalue weighted by Crippen LogP contribution is -2.63. The number of carbonyl (C=O) groups is 2. The highest BCUT2D eigenvalue weighted by Gasteiger charge is 2.67. The number of aliphatic hydroxyl groups excluding tert-OH is 1. The molecule has 7 heterocycles. The number of piperazine rings is 1. The summed E-state index contributed by atoms with van der Waals surface area (Å²) in [5.74, 6) is 6.85. The number of aromatic nitrogens is 5. The second-order valence-corrected chi connectivity index (χ2v) is 23.8. The molecule has 3 aliphatic heterocycles. The standard InChI is InChI=1S/C59H66N10O8S/c1-34(2)53(57(73)68-28-42(70)21-48(68)56(72)63-35(3)37-10-12-38(13-11-37)54-36(4)62-33-78-54)50-25-52(66-77-50)74-19-7-17-58-29-59(30-58,31-58)32-75-43-22-44(23-43)76-51-20-39(16-18-61-51)69-40-14-15-41(69)27-67(26-40)47-24-46(64-65-55(47)60)45-8-5-6-9-49(45)71/h5-6,8-13,16,18,20,24-25,33-35,40-44,48,53,70-71H,14-15,19,21-23,26-32H2,1-4H3,(H2,60,65)(H,63,72)/t35-,40?,41?,42+,43-,44-,48-,53+,58?,59?/m0/s1. The van der Waals surface area contributed by atoms with Crippen LogP contribution >= 0.6 is 11.3 Å². The summed E-state index contributed by atoms with van der Waals surface area (Å²) in [6.07, 6.45) is 8.20. The first-order valence-electron chi connectivity index (χ1n) is 27.3. The van der Waals surface area contributed by atoms with Gasteiger partial charge in [-0.2, -0.15) is 0 Å². The van der Waals surface area contributed by atoms with E-state index in [1.165, 1.54) is 4.90 Å². The first-order chi connectivity index (χ1) is 37.7. The first kappa shape index (κ1) is 51.5. The summed E-state index contributed by atoms with van der Waals surface area (Å²) in [4.78, 5) is 44.3. The minimum Gasteiger partial charge on any atom is -0.507 e. The maximum Gasteiger partial charge on any atom is 0.255 e. The van der Waals surface area contributed by atoms with E-state index in [2.05, 4.69) is 64.4 Å². The van der Waals surface area contributed by atoms with Gasteiger partial charge in [0.25, 0.3) is 5.88 Å². The number of anilines is 3. The number of β-amino-alcohol motifs (C(OH)–C–C–N with tert-alkyl or cyclic N) is 1. The summed E-state index contributed by atoms with van der Waals surface area (Å²) in [5.41, 5.74) is 14.5. The Morgan fingerprint density at radius 3 is 2.44 bits per heavy atom. The Morgan fingerprint density at radius 1 is 0.936 bits per heavy atom. The maximum absolute atomic E-state index is 14.2. The average Bonchev–Trinajstić information content (AvgIpc) is 2.70. The third-order valence-electron chi connectivity index (χ3n) is 17.0. The number of ether oxygens (including phenoxy) is 3. The number of phenolic OH excluding ortho intramolecular Hbond substituents is 1. The molecule has 3 saturated heterocycles. The van der Waals surface area contributed by atoms with Gasteiger partial charge in [0.05, 0.1) is 52.3 Å². The van der Waals surface area contributed by atoms with Crippen LogP contribution in [0.5, 0.6) is 17.5 Å². The predicted molar refractivity (Wildman–Crippen MR) is 294 cm³/mol. The van der Waals surface area contributed by atoms with E-state index >= 15 is 0 Å². The van der Waals surface area contributed by atoms with Crippen molar-refractivity contribution in [2.45, 2.75) is 127 Å². The van der Waals surface area contributed by atoms with Crippen LogP contribution in [0.15, 0.2) is 89.0 Å². The number of amides is 2. The molecule has 4 aliphatic carbocycles. The monoisotopic (exact) mass is 1070 g/mol. The summed E-state index contributed by atoms with van der Waals surface area (Å²) in [6.45, 7) is 10.2. The molecule has 4 aromatic heterocycles. The number of aliphatic hydroxyl groups is 1.